The van der Waals surface area contributed by atoms with Crippen LogP contribution in [0.3, 0.4) is 0 Å². The van der Waals surface area contributed by atoms with Crippen molar-refractivity contribution in [2.24, 2.45) is 0 Å². The van der Waals surface area contributed by atoms with Crippen LogP contribution >= 0.6 is 15.9 Å². The second kappa shape index (κ2) is 7.60. The van der Waals surface area contributed by atoms with Crippen LogP contribution in [0.25, 0.3) is 0 Å². The van der Waals surface area contributed by atoms with E-state index < -0.39 is 6.10 Å². The minimum Gasteiger partial charge on any atom is -0.393 e. The molecule has 0 radical (unpaired) electrons. The van der Waals surface area contributed by atoms with Gasteiger partial charge in [-0.3, -0.25) is 4.79 Å². The highest BCUT2D eigenvalue weighted by Crippen LogP contribution is 2.19. The first-order chi connectivity index (χ1) is 8.90. The Morgan fingerprint density at radius 2 is 2.21 bits per heavy atom. The molecule has 0 heterocycles. The Balaban J connectivity index is 2.47. The predicted molar refractivity (Wildman–Crippen MR) is 76.4 cm³/mol. The van der Waals surface area contributed by atoms with E-state index in [9.17, 15) is 14.3 Å². The van der Waals surface area contributed by atoms with Crippen molar-refractivity contribution < 1.29 is 14.3 Å². The summed E-state index contributed by atoms with van der Waals surface area (Å²) in [7, 11) is 1.71. The van der Waals surface area contributed by atoms with Crippen molar-refractivity contribution in [2.75, 3.05) is 13.6 Å². The number of nitrogens with zero attached hydrogens (tertiary/aromatic N) is 1. The van der Waals surface area contributed by atoms with Crippen molar-refractivity contribution in [3.05, 3.63) is 34.1 Å². The zero-order chi connectivity index (χ0) is 14.4. The van der Waals surface area contributed by atoms with E-state index in [1.165, 1.54) is 12.1 Å². The van der Waals surface area contributed by atoms with E-state index in [-0.39, 0.29) is 11.7 Å². The average Bonchev–Trinajstić information content (AvgIpc) is 2.36. The molecule has 1 aromatic rings. The zero-order valence-corrected chi connectivity index (χ0v) is 12.8. The van der Waals surface area contributed by atoms with E-state index in [2.05, 4.69) is 15.9 Å². The van der Waals surface area contributed by atoms with Crippen LogP contribution in [0.4, 0.5) is 4.39 Å². The number of carbonyl (C=O) groups excluding carboxylic acids is 1. The molecule has 0 aromatic heterocycles. The fourth-order valence-electron chi connectivity index (χ4n) is 1.67. The minimum atomic E-state index is -0.410. The lowest BCUT2D eigenvalue weighted by Crippen LogP contribution is -2.29. The van der Waals surface area contributed by atoms with E-state index >= 15 is 0 Å². The summed E-state index contributed by atoms with van der Waals surface area (Å²) in [6, 6.07) is 4.46. The Morgan fingerprint density at radius 1 is 1.53 bits per heavy atom. The third-order valence-corrected chi connectivity index (χ3v) is 3.70. The topological polar surface area (TPSA) is 40.5 Å². The fourth-order valence-corrected chi connectivity index (χ4v) is 2.12. The fraction of sp³-hybridized carbons (Fsp3) is 0.500. The van der Waals surface area contributed by atoms with Crippen molar-refractivity contribution in [2.45, 2.75) is 32.3 Å². The zero-order valence-electron chi connectivity index (χ0n) is 11.2. The van der Waals surface area contributed by atoms with Gasteiger partial charge in [0.25, 0.3) is 0 Å². The smallest absolute Gasteiger partial charge is 0.222 e. The Kier molecular flexibility index (Phi) is 6.45. The second-order valence-corrected chi connectivity index (χ2v) is 5.54. The number of rotatable bonds is 6. The first-order valence-electron chi connectivity index (χ1n) is 6.26. The summed E-state index contributed by atoms with van der Waals surface area (Å²) < 4.78 is 13.9. The monoisotopic (exact) mass is 331 g/mol. The summed E-state index contributed by atoms with van der Waals surface area (Å²) in [5.41, 5.74) is 0.789. The summed E-state index contributed by atoms with van der Waals surface area (Å²) in [5, 5.41) is 9.17. The number of benzene rings is 1. The quantitative estimate of drug-likeness (QED) is 0.870. The molecule has 19 heavy (non-hydrogen) atoms. The molecule has 1 aromatic carbocycles. The largest absolute Gasteiger partial charge is 0.393 e. The molecule has 0 saturated heterocycles. The average molecular weight is 332 g/mol. The molecule has 0 fully saturated rings. The van der Waals surface area contributed by atoms with E-state index in [1.807, 2.05) is 0 Å². The first-order valence-corrected chi connectivity index (χ1v) is 7.05. The molecular weight excluding hydrogens is 313 g/mol. The van der Waals surface area contributed by atoms with Gasteiger partial charge in [-0.05, 0) is 43.5 Å². The van der Waals surface area contributed by atoms with Gasteiger partial charge >= 0.3 is 0 Å². The predicted octanol–water partition coefficient (Wildman–Crippen LogP) is 2.75. The molecular formula is C14H19BrFNO2. The molecule has 1 unspecified atom stereocenters. The number of amides is 1. The third-order valence-electron chi connectivity index (χ3n) is 2.92. The molecule has 0 bridgehead atoms. The van der Waals surface area contributed by atoms with Crippen molar-refractivity contribution >= 4 is 21.8 Å². The van der Waals surface area contributed by atoms with Gasteiger partial charge in [0.2, 0.25) is 5.91 Å². The molecule has 0 spiro atoms. The van der Waals surface area contributed by atoms with Crippen LogP contribution in [0.2, 0.25) is 0 Å². The Bertz CT molecular complexity index is 437. The highest BCUT2D eigenvalue weighted by Gasteiger charge is 2.11. The van der Waals surface area contributed by atoms with Crippen molar-refractivity contribution in [3.8, 4) is 0 Å². The summed E-state index contributed by atoms with van der Waals surface area (Å²) >= 11 is 3.34. The third kappa shape index (κ3) is 5.70. The maximum atomic E-state index is 13.1. The highest BCUT2D eigenvalue weighted by atomic mass is 79.9. The van der Waals surface area contributed by atoms with Gasteiger partial charge in [0, 0.05) is 24.5 Å². The van der Waals surface area contributed by atoms with E-state index in [0.717, 1.165) is 10.0 Å². The molecule has 0 aliphatic carbocycles. The number of hydrogen-bond donors (Lipinski definition) is 1. The maximum Gasteiger partial charge on any atom is 0.222 e. The summed E-state index contributed by atoms with van der Waals surface area (Å²) in [6.45, 7) is 2.23. The van der Waals surface area contributed by atoms with Crippen LogP contribution < -0.4 is 0 Å². The Hall–Kier alpha value is -0.940. The van der Waals surface area contributed by atoms with Gasteiger partial charge in [0.05, 0.1) is 6.10 Å². The standard InChI is InChI=1S/C14H19BrFNO2/c1-10(18)7-8-17(2)14(19)6-3-11-9-12(16)4-5-13(11)15/h4-5,9-10,18H,3,6-8H2,1-2H3. The summed E-state index contributed by atoms with van der Waals surface area (Å²) in [6.07, 6.45) is 0.980. The first kappa shape index (κ1) is 16.1. The lowest BCUT2D eigenvalue weighted by atomic mass is 10.1. The minimum absolute atomic E-state index is 0.00295. The number of carbonyl (C=O) groups is 1. The number of hydrogen-bond acceptors (Lipinski definition) is 2. The van der Waals surface area contributed by atoms with Crippen LogP contribution in [-0.2, 0) is 11.2 Å². The van der Waals surface area contributed by atoms with Gasteiger partial charge in [-0.2, -0.15) is 0 Å². The summed E-state index contributed by atoms with van der Waals surface area (Å²) in [5.74, 6) is -0.301. The molecule has 1 atom stereocenters. The van der Waals surface area contributed by atoms with Gasteiger partial charge < -0.3 is 10.0 Å². The van der Waals surface area contributed by atoms with E-state index in [4.69, 9.17) is 0 Å². The highest BCUT2D eigenvalue weighted by molar-refractivity contribution is 9.10. The maximum absolute atomic E-state index is 13.1. The lowest BCUT2D eigenvalue weighted by Gasteiger charge is -2.18. The van der Waals surface area contributed by atoms with Gasteiger partial charge in [0.15, 0.2) is 0 Å². The van der Waals surface area contributed by atoms with Crippen LogP contribution in [-0.4, -0.2) is 35.6 Å². The molecule has 1 amide bonds. The van der Waals surface area contributed by atoms with E-state index in [0.29, 0.717) is 25.8 Å². The number of aliphatic hydroxyl groups excluding tert-OH is 1. The van der Waals surface area contributed by atoms with Crippen molar-refractivity contribution in [3.63, 3.8) is 0 Å². The molecule has 0 aliphatic heterocycles. The van der Waals surface area contributed by atoms with Crippen molar-refractivity contribution in [1.29, 1.82) is 0 Å². The van der Waals surface area contributed by atoms with Gasteiger partial charge in [-0.25, -0.2) is 4.39 Å². The number of aryl methyl sites for hydroxylation is 1. The van der Waals surface area contributed by atoms with Gasteiger partial charge in [-0.1, -0.05) is 15.9 Å². The molecule has 1 rings (SSSR count). The lowest BCUT2D eigenvalue weighted by molar-refractivity contribution is -0.130. The summed E-state index contributed by atoms with van der Waals surface area (Å²) in [4.78, 5) is 13.5. The van der Waals surface area contributed by atoms with Gasteiger partial charge in [-0.15, -0.1) is 0 Å². The van der Waals surface area contributed by atoms with Crippen LogP contribution in [0, 0.1) is 5.82 Å². The Labute approximate surface area is 121 Å². The molecule has 3 nitrogen and oxygen atoms in total. The molecule has 5 heteroatoms. The second-order valence-electron chi connectivity index (χ2n) is 4.69. The van der Waals surface area contributed by atoms with Crippen LogP contribution in [0.15, 0.2) is 22.7 Å². The molecule has 1 N–H and O–H groups in total. The van der Waals surface area contributed by atoms with Gasteiger partial charge in [0.1, 0.15) is 5.82 Å². The molecule has 0 aliphatic rings. The number of aliphatic hydroxyl groups is 1. The molecule has 106 valence electrons. The Morgan fingerprint density at radius 3 is 2.84 bits per heavy atom. The van der Waals surface area contributed by atoms with E-state index in [1.54, 1.807) is 24.9 Å². The SMILES string of the molecule is CC(O)CCN(C)C(=O)CCc1cc(F)ccc1Br. The molecule has 0 saturated carbocycles. The van der Waals surface area contributed by atoms with Crippen LogP contribution in [0.1, 0.15) is 25.3 Å². The van der Waals surface area contributed by atoms with Crippen LogP contribution in [0.5, 0.6) is 0 Å². The van der Waals surface area contributed by atoms with Crippen molar-refractivity contribution in [1.82, 2.24) is 4.90 Å². The number of halogens is 2. The normalized spacial score (nSPS) is 12.3.